The van der Waals surface area contributed by atoms with Crippen LogP contribution in [0.5, 0.6) is 11.5 Å². The molecule has 2 aromatic rings. The average Bonchev–Trinajstić information content (AvgIpc) is 3.04. The van der Waals surface area contributed by atoms with Crippen LogP contribution in [-0.2, 0) is 4.79 Å². The fraction of sp³-hybridized carbons (Fsp3) is 0.458. The topological polar surface area (TPSA) is 98.1 Å². The third-order valence-corrected chi connectivity index (χ3v) is 6.92. The molecule has 32 heavy (non-hydrogen) atoms. The van der Waals surface area contributed by atoms with Gasteiger partial charge in [0.15, 0.2) is 16.9 Å². The molecule has 1 N–H and O–H groups in total. The maximum absolute atomic E-state index is 12.6. The highest BCUT2D eigenvalue weighted by Gasteiger charge is 2.45. The third-order valence-electron chi connectivity index (χ3n) is 6.92. The first-order valence-corrected chi connectivity index (χ1v) is 10.9. The van der Waals surface area contributed by atoms with Crippen LogP contribution in [0.15, 0.2) is 29.2 Å². The van der Waals surface area contributed by atoms with Gasteiger partial charge in [0.1, 0.15) is 11.3 Å². The van der Waals surface area contributed by atoms with Gasteiger partial charge in [0.05, 0.1) is 31.0 Å². The third kappa shape index (κ3) is 3.08. The van der Waals surface area contributed by atoms with Crippen molar-refractivity contribution in [2.75, 3.05) is 18.7 Å². The molecule has 3 heterocycles. The van der Waals surface area contributed by atoms with E-state index < -0.39 is 11.4 Å². The van der Waals surface area contributed by atoms with E-state index in [0.29, 0.717) is 36.6 Å². The normalized spacial score (nSPS) is 20.8. The molecule has 0 amide bonds. The van der Waals surface area contributed by atoms with E-state index in [4.69, 9.17) is 9.47 Å². The molecule has 2 aliphatic heterocycles. The summed E-state index contributed by atoms with van der Waals surface area (Å²) < 4.78 is 13.5. The summed E-state index contributed by atoms with van der Waals surface area (Å²) in [6.07, 6.45) is 4.35. The number of rotatable bonds is 5. The van der Waals surface area contributed by atoms with Gasteiger partial charge in [0.2, 0.25) is 0 Å². The summed E-state index contributed by atoms with van der Waals surface area (Å²) in [5.74, 6) is 0.427. The number of carbonyl (C=O) groups is 2. The molecule has 5 rings (SSSR count). The van der Waals surface area contributed by atoms with Crippen molar-refractivity contribution in [3.05, 3.63) is 45.7 Å². The van der Waals surface area contributed by atoms with E-state index in [9.17, 15) is 19.5 Å². The largest absolute Gasteiger partial charge is 0.493 e. The molecule has 168 valence electrons. The molecule has 1 aromatic carbocycles. The molecule has 0 bridgehead atoms. The number of fused-ring (bicyclic) bond motifs is 6. The maximum Gasteiger partial charge on any atom is 0.341 e. The van der Waals surface area contributed by atoms with E-state index in [1.165, 1.54) is 12.3 Å². The van der Waals surface area contributed by atoms with Gasteiger partial charge in [-0.25, -0.2) is 4.79 Å². The number of hydrogen-bond donors (Lipinski definition) is 1. The lowest BCUT2D eigenvalue weighted by molar-refractivity contribution is -0.127. The molecule has 8 nitrogen and oxygen atoms in total. The smallest absolute Gasteiger partial charge is 0.341 e. The minimum absolute atomic E-state index is 0.00943. The summed E-state index contributed by atoms with van der Waals surface area (Å²) >= 11 is 0. The molecule has 2 fully saturated rings. The highest BCUT2D eigenvalue weighted by molar-refractivity contribution is 5.88. The highest BCUT2D eigenvalue weighted by Crippen LogP contribution is 2.50. The van der Waals surface area contributed by atoms with Crippen LogP contribution < -0.4 is 19.9 Å². The van der Waals surface area contributed by atoms with Crippen LogP contribution in [0.3, 0.4) is 0 Å². The van der Waals surface area contributed by atoms with Gasteiger partial charge >= 0.3 is 5.97 Å². The summed E-state index contributed by atoms with van der Waals surface area (Å²) in [7, 11) is 1.57. The molecule has 8 heteroatoms. The van der Waals surface area contributed by atoms with Crippen molar-refractivity contribution in [2.24, 2.45) is 5.92 Å². The number of benzene rings is 1. The average molecular weight is 438 g/mol. The molecule has 0 radical (unpaired) electrons. The lowest BCUT2D eigenvalue weighted by Crippen LogP contribution is -2.50. The van der Waals surface area contributed by atoms with Crippen molar-refractivity contribution in [1.82, 2.24) is 4.68 Å². The zero-order valence-electron chi connectivity index (χ0n) is 18.4. The fourth-order valence-corrected chi connectivity index (χ4v) is 5.20. The zero-order valence-corrected chi connectivity index (χ0v) is 18.4. The van der Waals surface area contributed by atoms with Crippen LogP contribution >= 0.6 is 0 Å². The molecule has 0 spiro atoms. The number of carbonyl (C=O) groups excluding carboxylic acids is 1. The molecule has 1 aliphatic carbocycles. The number of Topliss-reactive ketones (excluding diaryl/α,β-unsaturated/α-hetero) is 1. The molecule has 1 aromatic heterocycles. The van der Waals surface area contributed by atoms with Crippen LogP contribution in [0, 0.1) is 5.92 Å². The second kappa shape index (κ2) is 7.12. The van der Waals surface area contributed by atoms with Crippen molar-refractivity contribution < 1.29 is 24.2 Å². The number of pyridine rings is 1. The molecule has 1 saturated carbocycles. The van der Waals surface area contributed by atoms with Crippen molar-refractivity contribution in [3.8, 4) is 22.8 Å². The van der Waals surface area contributed by atoms with Crippen LogP contribution in [-0.4, -0.2) is 40.8 Å². The molecule has 1 saturated heterocycles. The number of nitrogens with zero attached hydrogens (tertiary/aromatic N) is 2. The van der Waals surface area contributed by atoms with Gasteiger partial charge < -0.3 is 14.6 Å². The summed E-state index contributed by atoms with van der Waals surface area (Å²) in [4.78, 5) is 35.5. The van der Waals surface area contributed by atoms with Crippen LogP contribution in [0.25, 0.3) is 11.3 Å². The monoisotopic (exact) mass is 438 g/mol. The summed E-state index contributed by atoms with van der Waals surface area (Å²) in [6, 6.07) is 5.25. The molecule has 0 unspecified atom stereocenters. The Morgan fingerprint density at radius 1 is 1.19 bits per heavy atom. The minimum atomic E-state index is -1.24. The van der Waals surface area contributed by atoms with Gasteiger partial charge in [-0.1, -0.05) is 0 Å². The quantitative estimate of drug-likeness (QED) is 0.766. The Morgan fingerprint density at radius 2 is 1.94 bits per heavy atom. The molecular formula is C24H26N2O6. The van der Waals surface area contributed by atoms with Gasteiger partial charge in [-0.05, 0) is 44.4 Å². The van der Waals surface area contributed by atoms with Crippen molar-refractivity contribution in [2.45, 2.75) is 51.1 Å². The Bertz CT molecular complexity index is 1190. The number of ketones is 1. The number of carboxylic acids is 1. The van der Waals surface area contributed by atoms with Gasteiger partial charge in [0.25, 0.3) is 0 Å². The summed E-state index contributed by atoms with van der Waals surface area (Å²) in [5.41, 5.74) is 1.49. The van der Waals surface area contributed by atoms with E-state index in [-0.39, 0.29) is 28.8 Å². The predicted molar refractivity (Wildman–Crippen MR) is 117 cm³/mol. The van der Waals surface area contributed by atoms with Crippen LogP contribution in [0.4, 0.5) is 0 Å². The summed E-state index contributed by atoms with van der Waals surface area (Å²) in [5, 5.41) is 11.7. The lowest BCUT2D eigenvalue weighted by atomic mass is 9.85. The molecule has 1 atom stereocenters. The van der Waals surface area contributed by atoms with Crippen molar-refractivity contribution in [1.29, 1.82) is 0 Å². The Kier molecular flexibility index (Phi) is 4.58. The van der Waals surface area contributed by atoms with E-state index in [2.05, 4.69) is 18.9 Å². The summed E-state index contributed by atoms with van der Waals surface area (Å²) in [6.45, 7) is 4.70. The van der Waals surface area contributed by atoms with E-state index in [1.54, 1.807) is 7.11 Å². The number of hydrogen-bond acceptors (Lipinski definition) is 6. The van der Waals surface area contributed by atoms with Crippen molar-refractivity contribution in [3.63, 3.8) is 0 Å². The van der Waals surface area contributed by atoms with Crippen LogP contribution in [0.1, 0.15) is 61.5 Å². The van der Waals surface area contributed by atoms with E-state index >= 15 is 0 Å². The SMILES string of the molecule is COc1cc2c(cc1OCC1CC(=O)C1)[C@H]1CCC(C)(C)N1n1cc(C(=O)O)c(=O)cc1-2. The molecule has 3 aliphatic rings. The number of carboxylic acid groups (broad SMARTS) is 1. The van der Waals surface area contributed by atoms with Gasteiger partial charge in [-0.2, -0.15) is 0 Å². The number of methoxy groups -OCH3 is 1. The number of ether oxygens (including phenoxy) is 2. The standard InChI is InChI=1S/C24H26N2O6/c1-24(2)5-4-18-15-9-22(32-12-13-6-14(27)7-13)21(31-3)8-16(15)19-10-20(28)17(23(29)30)11-25(19)26(18)24/h8-11,13,18H,4-7,12H2,1-3H3,(H,29,30)/t18-/m1/s1. The Balaban J connectivity index is 1.64. The number of aromatic carboxylic acids is 1. The first kappa shape index (κ1) is 20.6. The Hall–Kier alpha value is -3.29. The highest BCUT2D eigenvalue weighted by atomic mass is 16.5. The second-order valence-electron chi connectivity index (χ2n) is 9.51. The first-order valence-electron chi connectivity index (χ1n) is 10.9. The zero-order chi connectivity index (χ0) is 22.8. The predicted octanol–water partition coefficient (Wildman–Crippen LogP) is 3.15. The van der Waals surface area contributed by atoms with Gasteiger partial charge in [-0.15, -0.1) is 0 Å². The maximum atomic E-state index is 12.6. The lowest BCUT2D eigenvalue weighted by Gasteiger charge is -2.44. The Morgan fingerprint density at radius 3 is 2.59 bits per heavy atom. The Labute approximate surface area is 185 Å². The van der Waals surface area contributed by atoms with Crippen LogP contribution in [0.2, 0.25) is 0 Å². The van der Waals surface area contributed by atoms with E-state index in [1.807, 2.05) is 16.8 Å². The second-order valence-corrected chi connectivity index (χ2v) is 9.51. The molecular weight excluding hydrogens is 412 g/mol. The van der Waals surface area contributed by atoms with E-state index in [0.717, 1.165) is 24.0 Å². The number of aromatic nitrogens is 1. The first-order chi connectivity index (χ1) is 15.2. The van der Waals surface area contributed by atoms with Crippen molar-refractivity contribution >= 4 is 11.8 Å². The fourth-order valence-electron chi connectivity index (χ4n) is 5.20. The minimum Gasteiger partial charge on any atom is -0.493 e. The van der Waals surface area contributed by atoms with Gasteiger partial charge in [0, 0.05) is 36.6 Å². The van der Waals surface area contributed by atoms with Gasteiger partial charge in [-0.3, -0.25) is 19.3 Å².